The largest absolute Gasteiger partial charge is 0.306 e. The van der Waals surface area contributed by atoms with E-state index in [2.05, 4.69) is 17.0 Å². The lowest BCUT2D eigenvalue weighted by atomic mass is 10.1. The van der Waals surface area contributed by atoms with Gasteiger partial charge in [-0.25, -0.2) is 0 Å². The maximum Gasteiger partial charge on any atom is 0.248 e. The zero-order chi connectivity index (χ0) is 10.8. The first-order chi connectivity index (χ1) is 6.43. The molecule has 1 heterocycles. The summed E-state index contributed by atoms with van der Waals surface area (Å²) in [6.45, 7) is 9.49. The summed E-state index contributed by atoms with van der Waals surface area (Å²) in [5.41, 5.74) is -0.0723. The molecule has 1 amide bonds. The lowest BCUT2D eigenvalue weighted by Gasteiger charge is -2.18. The van der Waals surface area contributed by atoms with Gasteiger partial charge < -0.3 is 5.32 Å². The third kappa shape index (κ3) is 2.45. The number of nitrogens with one attached hydrogen (secondary N) is 1. The third-order valence-electron chi connectivity index (χ3n) is 1.71. The summed E-state index contributed by atoms with van der Waals surface area (Å²) in [6.07, 6.45) is 3.05. The van der Waals surface area contributed by atoms with Crippen LogP contribution in [0.25, 0.3) is 0 Å². The molecule has 76 valence electrons. The minimum Gasteiger partial charge on any atom is -0.306 e. The zero-order valence-electron chi connectivity index (χ0n) is 8.74. The second kappa shape index (κ2) is 3.65. The number of hydrogen-bond acceptors (Lipinski definition) is 2. The van der Waals surface area contributed by atoms with Gasteiger partial charge in [0, 0.05) is 12.3 Å². The van der Waals surface area contributed by atoms with Crippen molar-refractivity contribution in [2.75, 3.05) is 5.32 Å². The summed E-state index contributed by atoms with van der Waals surface area (Å²) in [5.74, 6) is 0.300. The van der Waals surface area contributed by atoms with Gasteiger partial charge in [-0.2, -0.15) is 5.10 Å². The van der Waals surface area contributed by atoms with E-state index >= 15 is 0 Å². The van der Waals surface area contributed by atoms with Gasteiger partial charge in [0.05, 0.1) is 5.54 Å². The molecule has 0 aromatic carbocycles. The maximum atomic E-state index is 11.0. The number of anilines is 1. The number of carbonyl (C=O) groups is 1. The number of aromatic nitrogens is 2. The van der Waals surface area contributed by atoms with Crippen LogP contribution in [0.2, 0.25) is 0 Å². The first-order valence-electron chi connectivity index (χ1n) is 4.43. The number of carbonyl (C=O) groups excluding carboxylic acids is 1. The number of amides is 1. The Morgan fingerprint density at radius 3 is 2.71 bits per heavy atom. The van der Waals surface area contributed by atoms with Crippen molar-refractivity contribution in [2.45, 2.75) is 26.3 Å². The van der Waals surface area contributed by atoms with Crippen LogP contribution in [0.3, 0.4) is 0 Å². The summed E-state index contributed by atoms with van der Waals surface area (Å²) in [6, 6.07) is 1.76. The molecule has 0 aliphatic heterocycles. The molecule has 4 heteroatoms. The van der Waals surface area contributed by atoms with Crippen LogP contribution in [0.15, 0.2) is 24.9 Å². The first kappa shape index (κ1) is 10.5. The molecule has 0 atom stereocenters. The molecule has 1 N–H and O–H groups in total. The minimum atomic E-state index is -0.246. The van der Waals surface area contributed by atoms with E-state index in [-0.39, 0.29) is 11.4 Å². The highest BCUT2D eigenvalue weighted by Crippen LogP contribution is 2.14. The maximum absolute atomic E-state index is 11.0. The van der Waals surface area contributed by atoms with Gasteiger partial charge in [0.15, 0.2) is 5.82 Å². The molecule has 0 aliphatic carbocycles. The van der Waals surface area contributed by atoms with Gasteiger partial charge in [-0.1, -0.05) is 6.58 Å². The Morgan fingerprint density at radius 2 is 2.29 bits per heavy atom. The smallest absolute Gasteiger partial charge is 0.248 e. The Bertz CT molecular complexity index is 346. The molecule has 1 aromatic heterocycles. The number of hydrogen-bond donors (Lipinski definition) is 1. The predicted molar refractivity (Wildman–Crippen MR) is 56.0 cm³/mol. The van der Waals surface area contributed by atoms with Crippen LogP contribution in [-0.2, 0) is 10.3 Å². The van der Waals surface area contributed by atoms with Crippen LogP contribution in [0.4, 0.5) is 5.82 Å². The van der Waals surface area contributed by atoms with Gasteiger partial charge in [-0.05, 0) is 26.8 Å². The molecular weight excluding hydrogens is 178 g/mol. The zero-order valence-corrected chi connectivity index (χ0v) is 8.74. The lowest BCUT2D eigenvalue weighted by Crippen LogP contribution is -2.22. The van der Waals surface area contributed by atoms with Gasteiger partial charge in [-0.15, -0.1) is 0 Å². The summed E-state index contributed by atoms with van der Waals surface area (Å²) in [7, 11) is 0. The number of nitrogens with zero attached hydrogens (tertiary/aromatic N) is 2. The Hall–Kier alpha value is -1.58. The molecule has 14 heavy (non-hydrogen) atoms. The van der Waals surface area contributed by atoms with Crippen LogP contribution in [0, 0.1) is 0 Å². The molecule has 1 rings (SSSR count). The van der Waals surface area contributed by atoms with Crippen molar-refractivity contribution in [1.29, 1.82) is 0 Å². The monoisotopic (exact) mass is 193 g/mol. The Labute approximate surface area is 83.6 Å². The van der Waals surface area contributed by atoms with Gasteiger partial charge >= 0.3 is 0 Å². The van der Waals surface area contributed by atoms with Crippen molar-refractivity contribution in [3.63, 3.8) is 0 Å². The van der Waals surface area contributed by atoms with E-state index < -0.39 is 0 Å². The van der Waals surface area contributed by atoms with Crippen molar-refractivity contribution in [3.05, 3.63) is 24.9 Å². The second-order valence-corrected chi connectivity index (χ2v) is 4.01. The summed E-state index contributed by atoms with van der Waals surface area (Å²) in [4.78, 5) is 11.0. The van der Waals surface area contributed by atoms with Crippen LogP contribution in [-0.4, -0.2) is 15.7 Å². The molecule has 1 aromatic rings. The topological polar surface area (TPSA) is 46.9 Å². The molecule has 0 aliphatic rings. The average molecular weight is 193 g/mol. The number of rotatable bonds is 2. The average Bonchev–Trinajstić information content (AvgIpc) is 2.51. The fraction of sp³-hybridized carbons (Fsp3) is 0.400. The highest BCUT2D eigenvalue weighted by molar-refractivity contribution is 5.98. The molecule has 0 fully saturated rings. The third-order valence-corrected chi connectivity index (χ3v) is 1.71. The van der Waals surface area contributed by atoms with E-state index in [1.54, 1.807) is 10.7 Å². The molecule has 0 radical (unpaired) electrons. The van der Waals surface area contributed by atoms with Crippen LogP contribution in [0.5, 0.6) is 0 Å². The first-order valence-corrected chi connectivity index (χ1v) is 4.43. The second-order valence-electron chi connectivity index (χ2n) is 4.01. The Kier molecular flexibility index (Phi) is 2.74. The van der Waals surface area contributed by atoms with E-state index in [1.807, 2.05) is 27.0 Å². The quantitative estimate of drug-likeness (QED) is 0.727. The molecule has 0 spiro atoms. The van der Waals surface area contributed by atoms with E-state index in [0.717, 1.165) is 0 Å². The van der Waals surface area contributed by atoms with E-state index in [4.69, 9.17) is 0 Å². The fourth-order valence-corrected chi connectivity index (χ4v) is 0.941. The molecule has 4 nitrogen and oxygen atoms in total. The van der Waals surface area contributed by atoms with Crippen LogP contribution < -0.4 is 5.32 Å². The van der Waals surface area contributed by atoms with Crippen molar-refractivity contribution < 1.29 is 4.79 Å². The van der Waals surface area contributed by atoms with E-state index in [1.165, 1.54) is 6.08 Å². The van der Waals surface area contributed by atoms with E-state index in [0.29, 0.717) is 5.82 Å². The van der Waals surface area contributed by atoms with Gasteiger partial charge in [-0.3, -0.25) is 9.48 Å². The van der Waals surface area contributed by atoms with Gasteiger partial charge in [0.25, 0.3) is 0 Å². The molecule has 0 saturated heterocycles. The van der Waals surface area contributed by atoms with Gasteiger partial charge in [0.2, 0.25) is 5.91 Å². The molecule has 0 unspecified atom stereocenters. The van der Waals surface area contributed by atoms with Crippen LogP contribution >= 0.6 is 0 Å². The standard InChI is InChI=1S/C10H15N3O/c1-5-9(14)11-8-6-7-13(12-8)10(2,3)4/h5-7H,1H2,2-4H3,(H,11,12,14). The minimum absolute atomic E-state index is 0.0723. The highest BCUT2D eigenvalue weighted by Gasteiger charge is 2.14. The molecule has 0 saturated carbocycles. The van der Waals surface area contributed by atoms with Crippen molar-refractivity contribution >= 4 is 11.7 Å². The predicted octanol–water partition coefficient (Wildman–Crippen LogP) is 1.76. The van der Waals surface area contributed by atoms with Gasteiger partial charge in [0.1, 0.15) is 0 Å². The lowest BCUT2D eigenvalue weighted by molar-refractivity contribution is -0.111. The van der Waals surface area contributed by atoms with E-state index in [9.17, 15) is 4.79 Å². The summed E-state index contributed by atoms with van der Waals surface area (Å²) in [5, 5.41) is 6.80. The Balaban J connectivity index is 2.78. The van der Waals surface area contributed by atoms with Crippen LogP contribution in [0.1, 0.15) is 20.8 Å². The highest BCUT2D eigenvalue weighted by atomic mass is 16.1. The SMILES string of the molecule is C=CC(=O)Nc1ccn(C(C)(C)C)n1. The van der Waals surface area contributed by atoms with Crippen molar-refractivity contribution in [3.8, 4) is 0 Å². The van der Waals surface area contributed by atoms with Crippen molar-refractivity contribution in [2.24, 2.45) is 0 Å². The fourth-order valence-electron chi connectivity index (χ4n) is 0.941. The summed E-state index contributed by atoms with van der Waals surface area (Å²) < 4.78 is 1.80. The molecular formula is C10H15N3O. The summed E-state index contributed by atoms with van der Waals surface area (Å²) >= 11 is 0. The molecule has 0 bridgehead atoms. The Morgan fingerprint density at radius 1 is 1.64 bits per heavy atom. The van der Waals surface area contributed by atoms with Crippen molar-refractivity contribution in [1.82, 2.24) is 9.78 Å². The normalized spacial score (nSPS) is 11.1.